The molecule has 0 N–H and O–H groups in total. The zero-order valence-electron chi connectivity index (χ0n) is 15.6. The summed E-state index contributed by atoms with van der Waals surface area (Å²) in [6, 6.07) is 2.16. The van der Waals surface area contributed by atoms with E-state index in [1.807, 2.05) is 20.8 Å². The predicted octanol–water partition coefficient (Wildman–Crippen LogP) is 4.35. The SMILES string of the molecule is CN(C1(c2nnc(C(C)(C)C)o2)CC1)S(=O)(=O)c1ccc(C(F)(F)F)cc1Cl. The van der Waals surface area contributed by atoms with E-state index in [0.717, 1.165) is 10.4 Å². The maximum atomic E-state index is 13.0. The predicted molar refractivity (Wildman–Crippen MR) is 95.3 cm³/mol. The minimum absolute atomic E-state index is 0.159. The Morgan fingerprint density at radius 1 is 1.18 bits per heavy atom. The van der Waals surface area contributed by atoms with Crippen molar-refractivity contribution >= 4 is 21.6 Å². The Kier molecular flexibility index (Phi) is 4.84. The van der Waals surface area contributed by atoms with Crippen LogP contribution in [0.3, 0.4) is 0 Å². The summed E-state index contributed by atoms with van der Waals surface area (Å²) >= 11 is 5.89. The number of rotatable bonds is 4. The molecule has 1 aromatic heterocycles. The van der Waals surface area contributed by atoms with Crippen LogP contribution >= 0.6 is 11.6 Å². The van der Waals surface area contributed by atoms with Gasteiger partial charge >= 0.3 is 6.18 Å². The van der Waals surface area contributed by atoms with Gasteiger partial charge in [-0.05, 0) is 31.0 Å². The first kappa shape index (κ1) is 21.1. The number of alkyl halides is 3. The lowest BCUT2D eigenvalue weighted by Gasteiger charge is -2.25. The quantitative estimate of drug-likeness (QED) is 0.710. The van der Waals surface area contributed by atoms with Crippen LogP contribution in [0.4, 0.5) is 13.2 Å². The summed E-state index contributed by atoms with van der Waals surface area (Å²) in [5, 5.41) is 7.51. The fourth-order valence-corrected chi connectivity index (χ4v) is 4.79. The standard InChI is InChI=1S/C17H19ClF3N3O3S/c1-15(2,3)13-22-23-14(27-13)16(7-8-16)24(4)28(25,26)12-6-5-10(9-11(12)18)17(19,20)21/h5-6,9H,7-8H2,1-4H3. The average Bonchev–Trinajstić information content (AvgIpc) is 3.20. The van der Waals surface area contributed by atoms with Gasteiger partial charge in [-0.3, -0.25) is 0 Å². The largest absolute Gasteiger partial charge is 0.423 e. The van der Waals surface area contributed by atoms with Crippen molar-refractivity contribution in [2.24, 2.45) is 0 Å². The van der Waals surface area contributed by atoms with Gasteiger partial charge in [0.05, 0.1) is 10.6 Å². The zero-order chi connectivity index (χ0) is 21.1. The van der Waals surface area contributed by atoms with Crippen molar-refractivity contribution < 1.29 is 26.0 Å². The van der Waals surface area contributed by atoms with E-state index in [9.17, 15) is 21.6 Å². The van der Waals surface area contributed by atoms with Gasteiger partial charge < -0.3 is 4.42 Å². The van der Waals surface area contributed by atoms with Gasteiger partial charge in [0.25, 0.3) is 0 Å². The number of sulfonamides is 1. The van der Waals surface area contributed by atoms with Gasteiger partial charge in [0, 0.05) is 12.5 Å². The van der Waals surface area contributed by atoms with Gasteiger partial charge in [-0.1, -0.05) is 32.4 Å². The molecule has 0 spiro atoms. The Balaban J connectivity index is 1.97. The summed E-state index contributed by atoms with van der Waals surface area (Å²) in [6.45, 7) is 5.64. The van der Waals surface area contributed by atoms with Crippen molar-refractivity contribution in [2.45, 2.75) is 55.6 Å². The molecule has 3 rings (SSSR count). The second-order valence-corrected chi connectivity index (χ2v) is 10.2. The summed E-state index contributed by atoms with van der Waals surface area (Å²) in [7, 11) is -2.86. The van der Waals surface area contributed by atoms with Crippen molar-refractivity contribution in [1.82, 2.24) is 14.5 Å². The van der Waals surface area contributed by atoms with E-state index in [4.69, 9.17) is 16.0 Å². The number of aromatic nitrogens is 2. The van der Waals surface area contributed by atoms with Gasteiger partial charge in [0.15, 0.2) is 0 Å². The summed E-state index contributed by atoms with van der Waals surface area (Å²) in [5.41, 5.74) is -2.45. The van der Waals surface area contributed by atoms with Crippen LogP contribution in [0.5, 0.6) is 0 Å². The number of hydrogen-bond acceptors (Lipinski definition) is 5. The molecule has 154 valence electrons. The molecule has 6 nitrogen and oxygen atoms in total. The molecular formula is C17H19ClF3N3O3S. The number of nitrogens with zero attached hydrogens (tertiary/aromatic N) is 3. The fraction of sp³-hybridized carbons (Fsp3) is 0.529. The third-order valence-electron chi connectivity index (χ3n) is 4.69. The maximum Gasteiger partial charge on any atom is 0.416 e. The topological polar surface area (TPSA) is 76.3 Å². The van der Waals surface area contributed by atoms with E-state index < -0.39 is 42.6 Å². The van der Waals surface area contributed by atoms with Crippen LogP contribution < -0.4 is 0 Å². The lowest BCUT2D eigenvalue weighted by molar-refractivity contribution is -0.137. The molecule has 1 aromatic carbocycles. The van der Waals surface area contributed by atoms with Gasteiger partial charge in [-0.15, -0.1) is 10.2 Å². The van der Waals surface area contributed by atoms with Crippen LogP contribution in [0.2, 0.25) is 5.02 Å². The minimum atomic E-state index is -4.62. The van der Waals surface area contributed by atoms with Crippen LogP contribution in [0.25, 0.3) is 0 Å². The number of benzene rings is 1. The Morgan fingerprint density at radius 2 is 1.79 bits per heavy atom. The molecule has 0 bridgehead atoms. The highest BCUT2D eigenvalue weighted by Crippen LogP contribution is 2.52. The molecule has 0 atom stereocenters. The molecular weight excluding hydrogens is 419 g/mol. The summed E-state index contributed by atoms with van der Waals surface area (Å²) in [5.74, 6) is 0.527. The molecule has 1 saturated carbocycles. The molecule has 0 amide bonds. The van der Waals surface area contributed by atoms with Gasteiger partial charge in [-0.25, -0.2) is 8.42 Å². The summed E-state index contributed by atoms with van der Waals surface area (Å²) < 4.78 is 71.3. The van der Waals surface area contributed by atoms with E-state index in [2.05, 4.69) is 10.2 Å². The molecule has 1 aliphatic rings. The second-order valence-electron chi connectivity index (χ2n) is 7.81. The molecule has 0 unspecified atom stereocenters. The highest BCUT2D eigenvalue weighted by molar-refractivity contribution is 7.89. The average molecular weight is 438 g/mol. The van der Waals surface area contributed by atoms with E-state index in [-0.39, 0.29) is 5.89 Å². The first-order chi connectivity index (χ1) is 12.7. The third-order valence-corrected chi connectivity index (χ3v) is 7.10. The molecule has 0 saturated heterocycles. The van der Waals surface area contributed by atoms with Crippen LogP contribution in [-0.4, -0.2) is 30.0 Å². The van der Waals surface area contributed by atoms with Crippen molar-refractivity contribution in [2.75, 3.05) is 7.05 Å². The number of halogens is 4. The lowest BCUT2D eigenvalue weighted by atomic mass is 9.97. The van der Waals surface area contributed by atoms with Gasteiger partial charge in [0.1, 0.15) is 10.4 Å². The second kappa shape index (κ2) is 6.43. The molecule has 0 aliphatic heterocycles. The Labute approximate surface area is 165 Å². The highest BCUT2D eigenvalue weighted by Gasteiger charge is 2.57. The van der Waals surface area contributed by atoms with E-state index in [1.165, 1.54) is 7.05 Å². The first-order valence-corrected chi connectivity index (χ1v) is 10.2. The van der Waals surface area contributed by atoms with Crippen LogP contribution in [0, 0.1) is 0 Å². The van der Waals surface area contributed by atoms with Crippen molar-refractivity contribution in [3.8, 4) is 0 Å². The maximum absolute atomic E-state index is 13.0. The highest BCUT2D eigenvalue weighted by atomic mass is 35.5. The van der Waals surface area contributed by atoms with Gasteiger partial charge in [-0.2, -0.15) is 17.5 Å². The Bertz CT molecular complexity index is 1010. The smallest absolute Gasteiger partial charge is 0.416 e. The molecule has 1 heterocycles. The van der Waals surface area contributed by atoms with E-state index >= 15 is 0 Å². The first-order valence-electron chi connectivity index (χ1n) is 8.40. The van der Waals surface area contributed by atoms with Crippen molar-refractivity contribution in [1.29, 1.82) is 0 Å². The fourth-order valence-electron chi connectivity index (χ4n) is 2.76. The van der Waals surface area contributed by atoms with Crippen molar-refractivity contribution in [3.63, 3.8) is 0 Å². The van der Waals surface area contributed by atoms with Crippen LogP contribution in [-0.2, 0) is 27.2 Å². The molecule has 28 heavy (non-hydrogen) atoms. The minimum Gasteiger partial charge on any atom is -0.423 e. The molecule has 1 aliphatic carbocycles. The lowest BCUT2D eigenvalue weighted by Crippen LogP contribution is -2.37. The van der Waals surface area contributed by atoms with Crippen LogP contribution in [0.15, 0.2) is 27.5 Å². The molecule has 11 heteroatoms. The Hall–Kier alpha value is -1.65. The van der Waals surface area contributed by atoms with Gasteiger partial charge in [0.2, 0.25) is 21.8 Å². The molecule has 1 fully saturated rings. The van der Waals surface area contributed by atoms with E-state index in [1.54, 1.807) is 0 Å². The van der Waals surface area contributed by atoms with E-state index in [0.29, 0.717) is 30.9 Å². The molecule has 0 radical (unpaired) electrons. The zero-order valence-corrected chi connectivity index (χ0v) is 17.2. The number of hydrogen-bond donors (Lipinski definition) is 0. The summed E-state index contributed by atoms with van der Waals surface area (Å²) in [4.78, 5) is -0.411. The van der Waals surface area contributed by atoms with Crippen molar-refractivity contribution in [3.05, 3.63) is 40.6 Å². The Morgan fingerprint density at radius 3 is 2.21 bits per heavy atom. The van der Waals surface area contributed by atoms with Crippen LogP contribution in [0.1, 0.15) is 51.0 Å². The normalized spacial score (nSPS) is 17.2. The summed E-state index contributed by atoms with van der Waals surface area (Å²) in [6.07, 6.45) is -3.72. The third kappa shape index (κ3) is 3.53. The molecule has 2 aromatic rings. The monoisotopic (exact) mass is 437 g/mol.